The van der Waals surface area contributed by atoms with E-state index in [1.54, 1.807) is 0 Å². The minimum atomic E-state index is -0.710. The number of hydrogen-bond acceptors (Lipinski definition) is 3. The first-order valence-corrected chi connectivity index (χ1v) is 6.27. The molecule has 0 aromatic heterocycles. The number of rotatable bonds is 4. The Kier molecular flexibility index (Phi) is 4.29. The van der Waals surface area contributed by atoms with Gasteiger partial charge in [-0.25, -0.2) is 8.78 Å². The Hall–Kier alpha value is -2.02. The van der Waals surface area contributed by atoms with Crippen LogP contribution < -0.4 is 4.74 Å². The SMILES string of the molecule is O=[N+]([O-])c1cc(F)cc(COc2ccc(F)c(Br)c2)c1. The molecule has 0 bridgehead atoms. The average Bonchev–Trinajstić information content (AvgIpc) is 2.39. The Balaban J connectivity index is 2.14. The molecule has 2 aromatic rings. The van der Waals surface area contributed by atoms with Crippen LogP contribution >= 0.6 is 15.9 Å². The molecule has 2 aromatic carbocycles. The van der Waals surface area contributed by atoms with Crippen molar-refractivity contribution in [3.05, 3.63) is 68.2 Å². The van der Waals surface area contributed by atoms with E-state index >= 15 is 0 Å². The van der Waals surface area contributed by atoms with Gasteiger partial charge in [0.2, 0.25) is 0 Å². The predicted molar refractivity (Wildman–Crippen MR) is 71.5 cm³/mol. The van der Waals surface area contributed by atoms with E-state index in [1.807, 2.05) is 0 Å². The Morgan fingerprint density at radius 1 is 1.20 bits per heavy atom. The van der Waals surface area contributed by atoms with E-state index < -0.39 is 16.6 Å². The zero-order chi connectivity index (χ0) is 14.7. The fourth-order valence-electron chi connectivity index (χ4n) is 1.56. The van der Waals surface area contributed by atoms with Crippen molar-refractivity contribution in [2.24, 2.45) is 0 Å². The fraction of sp³-hybridized carbons (Fsp3) is 0.0769. The lowest BCUT2D eigenvalue weighted by atomic mass is 10.2. The van der Waals surface area contributed by atoms with Crippen LogP contribution in [-0.2, 0) is 6.61 Å². The van der Waals surface area contributed by atoms with Crippen molar-refractivity contribution in [2.45, 2.75) is 6.61 Å². The van der Waals surface area contributed by atoms with Crippen LogP contribution in [0.5, 0.6) is 5.75 Å². The van der Waals surface area contributed by atoms with Crippen LogP contribution in [0.3, 0.4) is 0 Å². The minimum Gasteiger partial charge on any atom is -0.489 e. The molecule has 0 aliphatic heterocycles. The lowest BCUT2D eigenvalue weighted by molar-refractivity contribution is -0.385. The standard InChI is InChI=1S/C13H8BrF2NO3/c14-12-6-11(1-2-13(12)16)20-7-8-3-9(15)5-10(4-8)17(18)19/h1-6H,7H2. The largest absolute Gasteiger partial charge is 0.489 e. The van der Waals surface area contributed by atoms with Gasteiger partial charge in [-0.05, 0) is 45.8 Å². The van der Waals surface area contributed by atoms with Crippen molar-refractivity contribution in [3.63, 3.8) is 0 Å². The lowest BCUT2D eigenvalue weighted by Gasteiger charge is -2.07. The summed E-state index contributed by atoms with van der Waals surface area (Å²) in [5, 5.41) is 10.6. The number of benzene rings is 2. The molecule has 0 saturated heterocycles. The third kappa shape index (κ3) is 3.51. The van der Waals surface area contributed by atoms with E-state index in [1.165, 1.54) is 24.3 Å². The van der Waals surface area contributed by atoms with Gasteiger partial charge >= 0.3 is 0 Å². The summed E-state index contributed by atoms with van der Waals surface area (Å²) < 4.78 is 31.8. The number of nitro groups is 1. The van der Waals surface area contributed by atoms with Gasteiger partial charge in [0.1, 0.15) is 24.0 Å². The second-order valence-corrected chi connectivity index (χ2v) is 4.79. The van der Waals surface area contributed by atoms with Gasteiger partial charge in [-0.2, -0.15) is 0 Å². The summed E-state index contributed by atoms with van der Waals surface area (Å²) in [5.74, 6) is -0.776. The van der Waals surface area contributed by atoms with Gasteiger partial charge in [0.15, 0.2) is 0 Å². The van der Waals surface area contributed by atoms with E-state index in [4.69, 9.17) is 4.74 Å². The van der Waals surface area contributed by atoms with Crippen molar-refractivity contribution < 1.29 is 18.4 Å². The first kappa shape index (κ1) is 14.4. The van der Waals surface area contributed by atoms with Gasteiger partial charge < -0.3 is 4.74 Å². The van der Waals surface area contributed by atoms with Crippen LogP contribution in [-0.4, -0.2) is 4.92 Å². The van der Waals surface area contributed by atoms with Gasteiger partial charge in [-0.1, -0.05) is 0 Å². The maximum absolute atomic E-state index is 13.2. The molecular formula is C13H8BrF2NO3. The van der Waals surface area contributed by atoms with Crippen LogP contribution in [0.4, 0.5) is 14.5 Å². The molecule has 2 rings (SSSR count). The van der Waals surface area contributed by atoms with Crippen molar-refractivity contribution in [2.75, 3.05) is 0 Å². The number of nitro benzene ring substituents is 1. The Labute approximate surface area is 121 Å². The summed E-state index contributed by atoms with van der Waals surface area (Å²) >= 11 is 3.01. The van der Waals surface area contributed by atoms with E-state index in [9.17, 15) is 18.9 Å². The highest BCUT2D eigenvalue weighted by atomic mass is 79.9. The monoisotopic (exact) mass is 343 g/mol. The van der Waals surface area contributed by atoms with Gasteiger partial charge in [0.25, 0.3) is 5.69 Å². The van der Waals surface area contributed by atoms with Crippen LogP contribution in [0.1, 0.15) is 5.56 Å². The molecule has 20 heavy (non-hydrogen) atoms. The summed E-state index contributed by atoms with van der Waals surface area (Å²) in [5.41, 5.74) is -0.0268. The molecule has 0 fully saturated rings. The molecule has 0 aliphatic rings. The molecule has 7 heteroatoms. The van der Waals surface area contributed by atoms with E-state index in [0.29, 0.717) is 11.3 Å². The fourth-order valence-corrected chi connectivity index (χ4v) is 1.91. The van der Waals surface area contributed by atoms with Crippen LogP contribution in [0.15, 0.2) is 40.9 Å². The Bertz CT molecular complexity index is 664. The summed E-state index contributed by atoms with van der Waals surface area (Å²) in [7, 11) is 0. The first-order chi connectivity index (χ1) is 9.45. The van der Waals surface area contributed by atoms with E-state index in [2.05, 4.69) is 15.9 Å². The third-order valence-corrected chi connectivity index (χ3v) is 3.06. The molecule has 0 spiro atoms. The molecule has 104 valence electrons. The highest BCUT2D eigenvalue weighted by molar-refractivity contribution is 9.10. The molecule has 0 unspecified atom stereocenters. The maximum atomic E-state index is 13.2. The molecule has 4 nitrogen and oxygen atoms in total. The number of non-ortho nitro benzene ring substituents is 1. The average molecular weight is 344 g/mol. The summed E-state index contributed by atoms with van der Waals surface area (Å²) in [4.78, 5) is 9.93. The quantitative estimate of drug-likeness (QED) is 0.617. The van der Waals surface area contributed by atoms with Gasteiger partial charge in [-0.15, -0.1) is 0 Å². The second kappa shape index (κ2) is 5.96. The predicted octanol–water partition coefficient (Wildman–Crippen LogP) is 4.21. The minimum absolute atomic E-state index is 0.0589. The highest BCUT2D eigenvalue weighted by Crippen LogP contribution is 2.23. The van der Waals surface area contributed by atoms with Gasteiger partial charge in [-0.3, -0.25) is 10.1 Å². The zero-order valence-electron chi connectivity index (χ0n) is 9.98. The molecule has 0 heterocycles. The van der Waals surface area contributed by atoms with Gasteiger partial charge in [0.05, 0.1) is 15.5 Å². The smallest absolute Gasteiger partial charge is 0.272 e. The maximum Gasteiger partial charge on any atom is 0.272 e. The highest BCUT2D eigenvalue weighted by Gasteiger charge is 2.10. The number of ether oxygens (including phenoxy) is 1. The zero-order valence-corrected chi connectivity index (χ0v) is 11.6. The van der Waals surface area contributed by atoms with Crippen molar-refractivity contribution in [3.8, 4) is 5.75 Å². The molecule has 0 aliphatic carbocycles. The number of halogens is 3. The first-order valence-electron chi connectivity index (χ1n) is 5.47. The summed E-state index contributed by atoms with van der Waals surface area (Å²) in [6.07, 6.45) is 0. The van der Waals surface area contributed by atoms with Crippen molar-refractivity contribution in [1.29, 1.82) is 0 Å². The Morgan fingerprint density at radius 3 is 2.60 bits per heavy atom. The van der Waals surface area contributed by atoms with Crippen molar-refractivity contribution >= 4 is 21.6 Å². The van der Waals surface area contributed by atoms with Crippen LogP contribution in [0.2, 0.25) is 0 Å². The number of nitrogens with zero attached hydrogens (tertiary/aromatic N) is 1. The molecular weight excluding hydrogens is 336 g/mol. The third-order valence-electron chi connectivity index (χ3n) is 2.45. The normalized spacial score (nSPS) is 10.3. The summed E-state index contributed by atoms with van der Waals surface area (Å²) in [6, 6.07) is 7.25. The summed E-state index contributed by atoms with van der Waals surface area (Å²) in [6.45, 7) is -0.0589. The lowest BCUT2D eigenvalue weighted by Crippen LogP contribution is -1.98. The molecule has 0 atom stereocenters. The topological polar surface area (TPSA) is 52.4 Å². The van der Waals surface area contributed by atoms with Crippen LogP contribution in [0.25, 0.3) is 0 Å². The Morgan fingerprint density at radius 2 is 1.95 bits per heavy atom. The van der Waals surface area contributed by atoms with E-state index in [0.717, 1.165) is 12.1 Å². The van der Waals surface area contributed by atoms with E-state index in [-0.39, 0.29) is 16.8 Å². The molecule has 0 saturated carbocycles. The molecule has 0 amide bonds. The molecule has 0 N–H and O–H groups in total. The second-order valence-electron chi connectivity index (χ2n) is 3.94. The van der Waals surface area contributed by atoms with Gasteiger partial charge in [0, 0.05) is 6.07 Å². The van der Waals surface area contributed by atoms with Crippen molar-refractivity contribution in [1.82, 2.24) is 0 Å². The van der Waals surface area contributed by atoms with Crippen LogP contribution in [0, 0.1) is 21.7 Å². The number of hydrogen-bond donors (Lipinski definition) is 0. The molecule has 0 radical (unpaired) electrons.